The van der Waals surface area contributed by atoms with Crippen LogP contribution in [0.15, 0.2) is 4.99 Å². The fraction of sp³-hybridized carbons (Fsp3) is 0.933. The van der Waals surface area contributed by atoms with E-state index in [4.69, 9.17) is 10.5 Å². The minimum absolute atomic E-state index is 0. The Kier molecular flexibility index (Phi) is 18.0. The summed E-state index contributed by atoms with van der Waals surface area (Å²) in [4.78, 5) is 6.54. The third kappa shape index (κ3) is 16.1. The Hall–Kier alpha value is -0.0800. The van der Waals surface area contributed by atoms with Gasteiger partial charge in [0.25, 0.3) is 0 Å². The largest absolute Gasteiger partial charge is 0.377 e. The van der Waals surface area contributed by atoms with E-state index in [2.05, 4.69) is 36.2 Å². The van der Waals surface area contributed by atoms with E-state index in [-0.39, 0.29) is 30.1 Å². The fourth-order valence-corrected chi connectivity index (χ4v) is 1.89. The molecule has 1 unspecified atom stereocenters. The predicted molar refractivity (Wildman–Crippen MR) is 103 cm³/mol. The molecule has 21 heavy (non-hydrogen) atoms. The topological polar surface area (TPSA) is 62.9 Å². The summed E-state index contributed by atoms with van der Waals surface area (Å²) < 4.78 is 5.68. The zero-order valence-corrected chi connectivity index (χ0v) is 16.6. The summed E-state index contributed by atoms with van der Waals surface area (Å²) in [6.45, 7) is 7.50. The van der Waals surface area contributed by atoms with Crippen molar-refractivity contribution in [1.82, 2.24) is 10.2 Å². The first-order valence-electron chi connectivity index (χ1n) is 7.90. The SMILES string of the molecule is CCCCCCNC(N)=NCC(CCN(C)C)OCC.I. The molecular weight excluding hydrogens is 379 g/mol. The molecule has 5 nitrogen and oxygen atoms in total. The smallest absolute Gasteiger partial charge is 0.188 e. The summed E-state index contributed by atoms with van der Waals surface area (Å²) in [6.07, 6.45) is 6.08. The highest BCUT2D eigenvalue weighted by molar-refractivity contribution is 14.0. The van der Waals surface area contributed by atoms with Crippen LogP contribution in [-0.2, 0) is 4.74 Å². The van der Waals surface area contributed by atoms with Crippen LogP contribution in [0.4, 0.5) is 0 Å². The number of hydrogen-bond acceptors (Lipinski definition) is 3. The van der Waals surface area contributed by atoms with Crippen LogP contribution < -0.4 is 11.1 Å². The van der Waals surface area contributed by atoms with Gasteiger partial charge in [-0.3, -0.25) is 4.99 Å². The third-order valence-electron chi connectivity index (χ3n) is 3.10. The number of nitrogens with zero attached hydrogens (tertiary/aromatic N) is 2. The minimum atomic E-state index is 0. The average molecular weight is 414 g/mol. The number of nitrogens with one attached hydrogen (secondary N) is 1. The molecule has 0 rings (SSSR count). The summed E-state index contributed by atoms with van der Waals surface area (Å²) in [5.74, 6) is 0.538. The van der Waals surface area contributed by atoms with Crippen LogP contribution in [0.2, 0.25) is 0 Å². The molecule has 0 bridgehead atoms. The van der Waals surface area contributed by atoms with Crippen LogP contribution >= 0.6 is 24.0 Å². The first-order chi connectivity index (χ1) is 9.60. The summed E-state index contributed by atoms with van der Waals surface area (Å²) in [5.41, 5.74) is 5.86. The summed E-state index contributed by atoms with van der Waals surface area (Å²) in [5, 5.41) is 3.17. The lowest BCUT2D eigenvalue weighted by Gasteiger charge is -2.18. The van der Waals surface area contributed by atoms with Gasteiger partial charge in [-0.05, 0) is 33.9 Å². The summed E-state index contributed by atoms with van der Waals surface area (Å²) >= 11 is 0. The van der Waals surface area contributed by atoms with Gasteiger partial charge in [-0.25, -0.2) is 0 Å². The van der Waals surface area contributed by atoms with Crippen LogP contribution in [0.3, 0.4) is 0 Å². The van der Waals surface area contributed by atoms with Gasteiger partial charge >= 0.3 is 0 Å². The van der Waals surface area contributed by atoms with E-state index in [1.807, 2.05) is 6.92 Å². The predicted octanol–water partition coefficient (Wildman–Crippen LogP) is 2.45. The van der Waals surface area contributed by atoms with Gasteiger partial charge in [0.1, 0.15) is 0 Å². The Labute approximate surface area is 148 Å². The first-order valence-corrected chi connectivity index (χ1v) is 7.90. The molecule has 6 heteroatoms. The van der Waals surface area contributed by atoms with Gasteiger partial charge in [-0.1, -0.05) is 26.2 Å². The van der Waals surface area contributed by atoms with E-state index in [0.29, 0.717) is 12.5 Å². The molecule has 0 aromatic carbocycles. The van der Waals surface area contributed by atoms with Crippen LogP contribution in [0.1, 0.15) is 46.0 Å². The summed E-state index contributed by atoms with van der Waals surface area (Å²) in [6, 6.07) is 0. The molecule has 0 heterocycles. The molecule has 0 aliphatic heterocycles. The molecule has 1 atom stereocenters. The van der Waals surface area contributed by atoms with Gasteiger partial charge in [0, 0.05) is 19.7 Å². The normalized spacial score (nSPS) is 13.1. The zero-order valence-electron chi connectivity index (χ0n) is 14.2. The van der Waals surface area contributed by atoms with E-state index >= 15 is 0 Å². The van der Waals surface area contributed by atoms with Crippen molar-refractivity contribution >= 4 is 29.9 Å². The highest BCUT2D eigenvalue weighted by Crippen LogP contribution is 2.01. The molecular formula is C15H35IN4O. The summed E-state index contributed by atoms with van der Waals surface area (Å²) in [7, 11) is 4.14. The molecule has 128 valence electrons. The minimum Gasteiger partial charge on any atom is -0.377 e. The van der Waals surface area contributed by atoms with Gasteiger partial charge in [0.2, 0.25) is 0 Å². The Morgan fingerprint density at radius 1 is 1.24 bits per heavy atom. The van der Waals surface area contributed by atoms with Crippen molar-refractivity contribution in [1.29, 1.82) is 0 Å². The molecule has 0 aromatic rings. The molecule has 0 saturated heterocycles. The fourth-order valence-electron chi connectivity index (χ4n) is 1.89. The molecule has 3 N–H and O–H groups in total. The third-order valence-corrected chi connectivity index (χ3v) is 3.10. The maximum Gasteiger partial charge on any atom is 0.188 e. The maximum atomic E-state index is 5.86. The van der Waals surface area contributed by atoms with Crippen LogP contribution in [-0.4, -0.2) is 57.3 Å². The monoisotopic (exact) mass is 414 g/mol. The van der Waals surface area contributed by atoms with E-state index in [1.54, 1.807) is 0 Å². The van der Waals surface area contributed by atoms with Crippen molar-refractivity contribution in [3.8, 4) is 0 Å². The lowest BCUT2D eigenvalue weighted by Crippen LogP contribution is -2.34. The number of halogens is 1. The van der Waals surface area contributed by atoms with Crippen molar-refractivity contribution in [2.24, 2.45) is 10.7 Å². The number of hydrogen-bond donors (Lipinski definition) is 2. The van der Waals surface area contributed by atoms with Crippen LogP contribution in [0.5, 0.6) is 0 Å². The molecule has 0 amide bonds. The van der Waals surface area contributed by atoms with Gasteiger partial charge in [0.05, 0.1) is 12.6 Å². The quantitative estimate of drug-likeness (QED) is 0.223. The number of ether oxygens (including phenoxy) is 1. The van der Waals surface area contributed by atoms with Gasteiger partial charge in [-0.2, -0.15) is 0 Å². The second-order valence-electron chi connectivity index (χ2n) is 5.38. The Bertz CT molecular complexity index is 250. The van der Waals surface area contributed by atoms with Crippen molar-refractivity contribution in [2.75, 3.05) is 40.3 Å². The molecule has 0 aromatic heterocycles. The Balaban J connectivity index is 0. The average Bonchev–Trinajstić information content (AvgIpc) is 2.41. The Morgan fingerprint density at radius 2 is 1.95 bits per heavy atom. The van der Waals surface area contributed by atoms with Crippen molar-refractivity contribution < 1.29 is 4.74 Å². The van der Waals surface area contributed by atoms with Crippen molar-refractivity contribution in [3.63, 3.8) is 0 Å². The lowest BCUT2D eigenvalue weighted by atomic mass is 10.2. The Morgan fingerprint density at radius 3 is 2.52 bits per heavy atom. The van der Waals surface area contributed by atoms with Crippen LogP contribution in [0, 0.1) is 0 Å². The highest BCUT2D eigenvalue weighted by Gasteiger charge is 2.08. The lowest BCUT2D eigenvalue weighted by molar-refractivity contribution is 0.0582. The maximum absolute atomic E-state index is 5.86. The second-order valence-corrected chi connectivity index (χ2v) is 5.38. The molecule has 0 fully saturated rings. The van der Waals surface area contributed by atoms with Crippen molar-refractivity contribution in [2.45, 2.75) is 52.1 Å². The first kappa shape index (κ1) is 23.2. The van der Waals surface area contributed by atoms with Gasteiger partial charge in [-0.15, -0.1) is 24.0 Å². The number of nitrogens with two attached hydrogens (primary N) is 1. The zero-order chi connectivity index (χ0) is 15.2. The van der Waals surface area contributed by atoms with E-state index < -0.39 is 0 Å². The van der Waals surface area contributed by atoms with Crippen molar-refractivity contribution in [3.05, 3.63) is 0 Å². The number of aliphatic imine (C=N–C) groups is 1. The van der Waals surface area contributed by atoms with Gasteiger partial charge in [0.15, 0.2) is 5.96 Å². The number of rotatable bonds is 12. The molecule has 0 aliphatic rings. The highest BCUT2D eigenvalue weighted by atomic mass is 127. The van der Waals surface area contributed by atoms with E-state index in [1.165, 1.54) is 19.3 Å². The second kappa shape index (κ2) is 16.3. The number of guanidine groups is 1. The van der Waals surface area contributed by atoms with E-state index in [9.17, 15) is 0 Å². The number of unbranched alkanes of at least 4 members (excludes halogenated alkanes) is 3. The van der Waals surface area contributed by atoms with Crippen LogP contribution in [0.25, 0.3) is 0 Å². The molecule has 0 saturated carbocycles. The molecule has 0 aliphatic carbocycles. The molecule has 0 radical (unpaired) electrons. The van der Waals surface area contributed by atoms with E-state index in [0.717, 1.165) is 32.5 Å². The standard InChI is InChI=1S/C15H34N4O.HI/c1-5-7-8-9-11-17-15(16)18-13-14(20-6-2)10-12-19(3)4;/h14H,5-13H2,1-4H3,(H3,16,17,18);1H. The molecule has 0 spiro atoms. The van der Waals surface area contributed by atoms with Gasteiger partial charge < -0.3 is 20.7 Å².